The van der Waals surface area contributed by atoms with Gasteiger partial charge in [-0.2, -0.15) is 11.8 Å². The number of thioether (sulfide) groups is 1. The molecule has 0 radical (unpaired) electrons. The second-order valence-corrected chi connectivity index (χ2v) is 6.61. The summed E-state index contributed by atoms with van der Waals surface area (Å²) in [6.07, 6.45) is 5.60. The van der Waals surface area contributed by atoms with Crippen LogP contribution in [-0.4, -0.2) is 48.6 Å². The Morgan fingerprint density at radius 3 is 3.12 bits per heavy atom. The van der Waals surface area contributed by atoms with Crippen molar-refractivity contribution in [1.82, 2.24) is 10.2 Å². The molecule has 0 spiro atoms. The van der Waals surface area contributed by atoms with Gasteiger partial charge in [-0.3, -0.25) is 0 Å². The van der Waals surface area contributed by atoms with Crippen molar-refractivity contribution in [3.8, 4) is 0 Å². The largest absolute Gasteiger partial charge is 0.316 e. The molecule has 0 aromatic rings. The molecule has 2 nitrogen and oxygen atoms in total. The highest BCUT2D eigenvalue weighted by Crippen LogP contribution is 2.22. The second-order valence-electron chi connectivity index (χ2n) is 5.20. The average molecular weight is 242 g/mol. The molecule has 3 heteroatoms. The molecular weight excluding hydrogens is 216 g/mol. The van der Waals surface area contributed by atoms with E-state index >= 15 is 0 Å². The van der Waals surface area contributed by atoms with Crippen LogP contribution in [-0.2, 0) is 0 Å². The predicted molar refractivity (Wildman–Crippen MR) is 73.2 cm³/mol. The molecule has 2 fully saturated rings. The van der Waals surface area contributed by atoms with Gasteiger partial charge in [0.2, 0.25) is 0 Å². The third kappa shape index (κ3) is 3.94. The maximum absolute atomic E-state index is 3.46. The van der Waals surface area contributed by atoms with Crippen molar-refractivity contribution in [2.24, 2.45) is 5.92 Å². The van der Waals surface area contributed by atoms with Crippen molar-refractivity contribution >= 4 is 11.8 Å². The van der Waals surface area contributed by atoms with Gasteiger partial charge < -0.3 is 10.2 Å². The fourth-order valence-electron chi connectivity index (χ4n) is 2.79. The first kappa shape index (κ1) is 12.7. The van der Waals surface area contributed by atoms with Crippen LogP contribution in [0.25, 0.3) is 0 Å². The molecular formula is C13H26N2S. The Bertz CT molecular complexity index is 192. The third-order valence-electron chi connectivity index (χ3n) is 3.93. The first-order valence-corrected chi connectivity index (χ1v) is 7.98. The zero-order chi connectivity index (χ0) is 11.2. The van der Waals surface area contributed by atoms with E-state index in [1.54, 1.807) is 0 Å². The maximum atomic E-state index is 3.46. The minimum Gasteiger partial charge on any atom is -0.316 e. The molecule has 2 aliphatic heterocycles. The summed E-state index contributed by atoms with van der Waals surface area (Å²) in [6, 6.07) is 0. The lowest BCUT2D eigenvalue weighted by Gasteiger charge is -2.32. The summed E-state index contributed by atoms with van der Waals surface area (Å²) < 4.78 is 0. The molecule has 0 bridgehead atoms. The number of nitrogens with one attached hydrogen (secondary N) is 1. The summed E-state index contributed by atoms with van der Waals surface area (Å²) in [7, 11) is 0. The van der Waals surface area contributed by atoms with Gasteiger partial charge in [0.25, 0.3) is 0 Å². The molecule has 16 heavy (non-hydrogen) atoms. The van der Waals surface area contributed by atoms with Gasteiger partial charge in [-0.05, 0) is 51.2 Å². The first-order valence-electron chi connectivity index (χ1n) is 6.93. The Hall–Kier alpha value is 0.270. The van der Waals surface area contributed by atoms with E-state index in [1.165, 1.54) is 64.2 Å². The highest BCUT2D eigenvalue weighted by Gasteiger charge is 2.19. The minimum atomic E-state index is 0.905. The fraction of sp³-hybridized carbons (Fsp3) is 1.00. The normalized spacial score (nSPS) is 32.1. The molecule has 2 rings (SSSR count). The second kappa shape index (κ2) is 6.87. The number of hydrogen-bond donors (Lipinski definition) is 1. The number of hydrogen-bond acceptors (Lipinski definition) is 3. The van der Waals surface area contributed by atoms with Crippen LogP contribution in [0, 0.1) is 5.92 Å². The number of rotatable bonds is 5. The van der Waals surface area contributed by atoms with E-state index in [4.69, 9.17) is 0 Å². The molecule has 2 saturated heterocycles. The molecule has 2 atom stereocenters. The first-order chi connectivity index (χ1) is 7.88. The maximum Gasteiger partial charge on any atom is 0.0172 e. The predicted octanol–water partition coefficient (Wildman–Crippen LogP) is 2.20. The van der Waals surface area contributed by atoms with E-state index in [-0.39, 0.29) is 0 Å². The highest BCUT2D eigenvalue weighted by molar-refractivity contribution is 8.00. The van der Waals surface area contributed by atoms with Crippen LogP contribution in [0.1, 0.15) is 32.6 Å². The summed E-state index contributed by atoms with van der Waals surface area (Å²) in [4.78, 5) is 2.69. The monoisotopic (exact) mass is 242 g/mol. The molecule has 0 saturated carbocycles. The Kier molecular flexibility index (Phi) is 5.46. The Morgan fingerprint density at radius 1 is 1.44 bits per heavy atom. The summed E-state index contributed by atoms with van der Waals surface area (Å²) in [5.74, 6) is 2.32. The van der Waals surface area contributed by atoms with Crippen molar-refractivity contribution in [2.75, 3.05) is 38.5 Å². The Balaban J connectivity index is 1.58. The molecule has 2 unspecified atom stereocenters. The summed E-state index contributed by atoms with van der Waals surface area (Å²) in [5.41, 5.74) is 0. The van der Waals surface area contributed by atoms with E-state index in [0.717, 1.165) is 11.2 Å². The van der Waals surface area contributed by atoms with Gasteiger partial charge >= 0.3 is 0 Å². The lowest BCUT2D eigenvalue weighted by Crippen LogP contribution is -2.38. The SMILES string of the molecule is CCC1CN(CCCC2CCNC2)CCS1. The molecule has 0 aliphatic carbocycles. The van der Waals surface area contributed by atoms with Crippen LogP contribution in [0.15, 0.2) is 0 Å². The standard InChI is InChI=1S/C13H26N2S/c1-2-13-11-15(8-9-16-13)7-3-4-12-5-6-14-10-12/h12-14H,2-11H2,1H3. The van der Waals surface area contributed by atoms with Gasteiger partial charge in [0, 0.05) is 24.1 Å². The van der Waals surface area contributed by atoms with E-state index in [0.29, 0.717) is 0 Å². The van der Waals surface area contributed by atoms with Crippen LogP contribution in [0.3, 0.4) is 0 Å². The van der Waals surface area contributed by atoms with Crippen LogP contribution in [0.2, 0.25) is 0 Å². The van der Waals surface area contributed by atoms with Crippen LogP contribution in [0.4, 0.5) is 0 Å². The summed E-state index contributed by atoms with van der Waals surface area (Å²) in [6.45, 7) is 8.85. The van der Waals surface area contributed by atoms with Gasteiger partial charge in [-0.25, -0.2) is 0 Å². The van der Waals surface area contributed by atoms with Gasteiger partial charge in [-0.15, -0.1) is 0 Å². The summed E-state index contributed by atoms with van der Waals surface area (Å²) in [5, 5.41) is 4.36. The molecule has 0 aromatic heterocycles. The fourth-order valence-corrected chi connectivity index (χ4v) is 4.04. The lowest BCUT2D eigenvalue weighted by molar-refractivity contribution is 0.268. The Labute approximate surface area is 105 Å². The smallest absolute Gasteiger partial charge is 0.0172 e. The minimum absolute atomic E-state index is 0.905. The number of nitrogens with zero attached hydrogens (tertiary/aromatic N) is 1. The lowest BCUT2D eigenvalue weighted by atomic mass is 10.0. The van der Waals surface area contributed by atoms with Crippen molar-refractivity contribution in [3.05, 3.63) is 0 Å². The quantitative estimate of drug-likeness (QED) is 0.796. The molecule has 0 aromatic carbocycles. The van der Waals surface area contributed by atoms with E-state index < -0.39 is 0 Å². The molecule has 1 N–H and O–H groups in total. The highest BCUT2D eigenvalue weighted by atomic mass is 32.2. The van der Waals surface area contributed by atoms with Gasteiger partial charge in [0.15, 0.2) is 0 Å². The topological polar surface area (TPSA) is 15.3 Å². The van der Waals surface area contributed by atoms with Crippen molar-refractivity contribution in [2.45, 2.75) is 37.9 Å². The van der Waals surface area contributed by atoms with Crippen molar-refractivity contribution in [1.29, 1.82) is 0 Å². The average Bonchev–Trinajstić information content (AvgIpc) is 2.82. The van der Waals surface area contributed by atoms with E-state index in [1.807, 2.05) is 0 Å². The Morgan fingerprint density at radius 2 is 2.38 bits per heavy atom. The van der Waals surface area contributed by atoms with Crippen molar-refractivity contribution in [3.63, 3.8) is 0 Å². The zero-order valence-corrected chi connectivity index (χ0v) is 11.4. The zero-order valence-electron chi connectivity index (χ0n) is 10.6. The van der Waals surface area contributed by atoms with Crippen LogP contribution < -0.4 is 5.32 Å². The third-order valence-corrected chi connectivity index (χ3v) is 5.30. The van der Waals surface area contributed by atoms with E-state index in [2.05, 4.69) is 28.9 Å². The van der Waals surface area contributed by atoms with Gasteiger partial charge in [0.1, 0.15) is 0 Å². The summed E-state index contributed by atoms with van der Waals surface area (Å²) >= 11 is 2.17. The van der Waals surface area contributed by atoms with Crippen LogP contribution in [0.5, 0.6) is 0 Å². The molecule has 2 aliphatic rings. The van der Waals surface area contributed by atoms with Gasteiger partial charge in [0.05, 0.1) is 0 Å². The molecule has 94 valence electrons. The van der Waals surface area contributed by atoms with Gasteiger partial charge in [-0.1, -0.05) is 6.92 Å². The van der Waals surface area contributed by atoms with E-state index in [9.17, 15) is 0 Å². The molecule has 0 amide bonds. The molecule has 2 heterocycles. The van der Waals surface area contributed by atoms with Crippen LogP contribution >= 0.6 is 11.8 Å². The van der Waals surface area contributed by atoms with Crippen molar-refractivity contribution < 1.29 is 0 Å².